The molecule has 3 aromatic carbocycles. The maximum absolute atomic E-state index is 12.1. The fourth-order valence-corrected chi connectivity index (χ4v) is 2.57. The molecule has 0 aromatic heterocycles. The standard InChI is InChI=1S/C22H18N2O6/c25-21(23-19-8-4-5-9-20(19)24(27)28)15-30-22(26)17-10-12-18(13-11-17)29-14-16-6-2-1-3-7-16/h1-13H,14-15H2,(H,23,25). The summed E-state index contributed by atoms with van der Waals surface area (Å²) in [6, 6.07) is 21.7. The van der Waals surface area contributed by atoms with Crippen LogP contribution in [0.4, 0.5) is 11.4 Å². The number of carbonyl (C=O) groups excluding carboxylic acids is 2. The number of ether oxygens (including phenoxy) is 2. The van der Waals surface area contributed by atoms with E-state index in [0.717, 1.165) is 5.56 Å². The number of para-hydroxylation sites is 2. The van der Waals surface area contributed by atoms with Gasteiger partial charge in [-0.1, -0.05) is 42.5 Å². The molecule has 30 heavy (non-hydrogen) atoms. The number of nitro groups is 1. The summed E-state index contributed by atoms with van der Waals surface area (Å²) >= 11 is 0. The summed E-state index contributed by atoms with van der Waals surface area (Å²) in [7, 11) is 0. The van der Waals surface area contributed by atoms with Crippen molar-refractivity contribution in [3.05, 3.63) is 100 Å². The van der Waals surface area contributed by atoms with Gasteiger partial charge in [-0.15, -0.1) is 0 Å². The van der Waals surface area contributed by atoms with Crippen molar-refractivity contribution in [2.75, 3.05) is 11.9 Å². The number of hydrogen-bond donors (Lipinski definition) is 1. The molecule has 1 N–H and O–H groups in total. The number of nitrogens with zero attached hydrogens (tertiary/aromatic N) is 1. The van der Waals surface area contributed by atoms with E-state index < -0.39 is 23.4 Å². The van der Waals surface area contributed by atoms with Crippen LogP contribution in [0.25, 0.3) is 0 Å². The molecule has 0 fully saturated rings. The van der Waals surface area contributed by atoms with Crippen molar-refractivity contribution in [3.63, 3.8) is 0 Å². The highest BCUT2D eigenvalue weighted by molar-refractivity contribution is 5.96. The Morgan fingerprint density at radius 1 is 0.900 bits per heavy atom. The van der Waals surface area contributed by atoms with Crippen LogP contribution < -0.4 is 10.1 Å². The summed E-state index contributed by atoms with van der Waals surface area (Å²) < 4.78 is 10.6. The number of nitro benzene ring substituents is 1. The van der Waals surface area contributed by atoms with Crippen LogP contribution in [0.2, 0.25) is 0 Å². The second kappa shape index (κ2) is 9.83. The van der Waals surface area contributed by atoms with E-state index in [1.165, 1.54) is 30.3 Å². The summed E-state index contributed by atoms with van der Waals surface area (Å²) in [4.78, 5) is 34.4. The van der Waals surface area contributed by atoms with Crippen LogP contribution in [0.1, 0.15) is 15.9 Å². The highest BCUT2D eigenvalue weighted by Crippen LogP contribution is 2.23. The first-order chi connectivity index (χ1) is 14.5. The van der Waals surface area contributed by atoms with Crippen LogP contribution >= 0.6 is 0 Å². The zero-order valence-corrected chi connectivity index (χ0v) is 15.8. The number of nitrogens with one attached hydrogen (secondary N) is 1. The molecule has 8 heteroatoms. The summed E-state index contributed by atoms with van der Waals surface area (Å²) in [6.45, 7) is -0.173. The Balaban J connectivity index is 1.50. The lowest BCUT2D eigenvalue weighted by molar-refractivity contribution is -0.383. The number of esters is 1. The van der Waals surface area contributed by atoms with E-state index >= 15 is 0 Å². The number of amides is 1. The monoisotopic (exact) mass is 406 g/mol. The van der Waals surface area contributed by atoms with Gasteiger partial charge in [-0.3, -0.25) is 14.9 Å². The van der Waals surface area contributed by atoms with Gasteiger partial charge in [0.15, 0.2) is 6.61 Å². The third-order valence-electron chi connectivity index (χ3n) is 4.05. The SMILES string of the molecule is O=C(COC(=O)c1ccc(OCc2ccccc2)cc1)Nc1ccccc1[N+](=O)[O-]. The molecule has 0 aliphatic heterocycles. The largest absolute Gasteiger partial charge is 0.489 e. The van der Waals surface area contributed by atoms with Crippen LogP contribution in [0.5, 0.6) is 5.75 Å². The molecule has 0 aliphatic carbocycles. The smallest absolute Gasteiger partial charge is 0.338 e. The molecule has 0 aliphatic rings. The Hall–Kier alpha value is -4.20. The van der Waals surface area contributed by atoms with Crippen LogP contribution in [-0.4, -0.2) is 23.4 Å². The fraction of sp³-hybridized carbons (Fsp3) is 0.0909. The lowest BCUT2D eigenvalue weighted by Gasteiger charge is -2.08. The van der Waals surface area contributed by atoms with E-state index in [4.69, 9.17) is 9.47 Å². The van der Waals surface area contributed by atoms with E-state index in [0.29, 0.717) is 12.4 Å². The normalized spacial score (nSPS) is 10.1. The quantitative estimate of drug-likeness (QED) is 0.345. The van der Waals surface area contributed by atoms with Gasteiger partial charge in [0.25, 0.3) is 11.6 Å². The molecule has 0 saturated carbocycles. The average molecular weight is 406 g/mol. The predicted molar refractivity (Wildman–Crippen MR) is 109 cm³/mol. The van der Waals surface area contributed by atoms with Gasteiger partial charge in [0.2, 0.25) is 0 Å². The molecule has 0 unspecified atom stereocenters. The minimum atomic E-state index is -0.692. The predicted octanol–water partition coefficient (Wildman–Crippen LogP) is 3.97. The molecular weight excluding hydrogens is 388 g/mol. The van der Waals surface area contributed by atoms with E-state index in [-0.39, 0.29) is 16.9 Å². The molecule has 0 spiro atoms. The third kappa shape index (κ3) is 5.65. The van der Waals surface area contributed by atoms with Gasteiger partial charge in [-0.05, 0) is 35.9 Å². The molecule has 0 heterocycles. The number of carbonyl (C=O) groups is 2. The Labute approximate surface area is 172 Å². The highest BCUT2D eigenvalue weighted by atomic mass is 16.6. The number of hydrogen-bond acceptors (Lipinski definition) is 6. The molecule has 3 aromatic rings. The zero-order chi connectivity index (χ0) is 21.3. The molecule has 8 nitrogen and oxygen atoms in total. The highest BCUT2D eigenvalue weighted by Gasteiger charge is 2.16. The maximum Gasteiger partial charge on any atom is 0.338 e. The minimum Gasteiger partial charge on any atom is -0.489 e. The Kier molecular flexibility index (Phi) is 6.73. The Bertz CT molecular complexity index is 1040. The third-order valence-corrected chi connectivity index (χ3v) is 4.05. The van der Waals surface area contributed by atoms with Crippen molar-refractivity contribution in [1.29, 1.82) is 0 Å². The second-order valence-corrected chi connectivity index (χ2v) is 6.20. The Morgan fingerprint density at radius 2 is 1.57 bits per heavy atom. The first-order valence-electron chi connectivity index (χ1n) is 9.00. The molecule has 1 amide bonds. The van der Waals surface area contributed by atoms with Crippen molar-refractivity contribution in [1.82, 2.24) is 0 Å². The summed E-state index contributed by atoms with van der Waals surface area (Å²) in [5, 5.41) is 13.3. The molecule has 0 atom stereocenters. The molecular formula is C22H18N2O6. The molecule has 152 valence electrons. The molecule has 0 radical (unpaired) electrons. The molecule has 3 rings (SSSR count). The summed E-state index contributed by atoms with van der Waals surface area (Å²) in [6.07, 6.45) is 0. The van der Waals surface area contributed by atoms with Gasteiger partial charge >= 0.3 is 5.97 Å². The summed E-state index contributed by atoms with van der Waals surface area (Å²) in [5.41, 5.74) is 1.05. The Morgan fingerprint density at radius 3 is 2.27 bits per heavy atom. The van der Waals surface area contributed by atoms with Crippen molar-refractivity contribution < 1.29 is 24.0 Å². The average Bonchev–Trinajstić information content (AvgIpc) is 2.77. The maximum atomic E-state index is 12.1. The van der Waals surface area contributed by atoms with Crippen molar-refractivity contribution in [2.45, 2.75) is 6.61 Å². The van der Waals surface area contributed by atoms with Gasteiger partial charge in [-0.25, -0.2) is 4.79 Å². The van der Waals surface area contributed by atoms with Gasteiger partial charge in [0.05, 0.1) is 10.5 Å². The summed E-state index contributed by atoms with van der Waals surface area (Å²) in [5.74, 6) is -0.785. The van der Waals surface area contributed by atoms with Crippen LogP contribution in [0, 0.1) is 10.1 Å². The van der Waals surface area contributed by atoms with Gasteiger partial charge < -0.3 is 14.8 Å². The van der Waals surface area contributed by atoms with E-state index in [2.05, 4.69) is 5.32 Å². The number of benzene rings is 3. The van der Waals surface area contributed by atoms with E-state index in [1.54, 1.807) is 18.2 Å². The van der Waals surface area contributed by atoms with E-state index in [9.17, 15) is 19.7 Å². The van der Waals surface area contributed by atoms with Gasteiger partial charge in [-0.2, -0.15) is 0 Å². The van der Waals surface area contributed by atoms with E-state index in [1.807, 2.05) is 30.3 Å². The fourth-order valence-electron chi connectivity index (χ4n) is 2.57. The topological polar surface area (TPSA) is 108 Å². The van der Waals surface area contributed by atoms with Crippen LogP contribution in [0.15, 0.2) is 78.9 Å². The van der Waals surface area contributed by atoms with Crippen molar-refractivity contribution in [3.8, 4) is 5.75 Å². The van der Waals surface area contributed by atoms with Gasteiger partial charge in [0.1, 0.15) is 18.0 Å². The first-order valence-corrected chi connectivity index (χ1v) is 9.00. The first kappa shape index (κ1) is 20.5. The van der Waals surface area contributed by atoms with Crippen molar-refractivity contribution >= 4 is 23.3 Å². The second-order valence-electron chi connectivity index (χ2n) is 6.20. The zero-order valence-electron chi connectivity index (χ0n) is 15.8. The number of anilines is 1. The minimum absolute atomic E-state index is 0.0310. The van der Waals surface area contributed by atoms with Gasteiger partial charge in [0, 0.05) is 6.07 Å². The lowest BCUT2D eigenvalue weighted by atomic mass is 10.2. The number of rotatable bonds is 8. The van der Waals surface area contributed by atoms with Crippen molar-refractivity contribution in [2.24, 2.45) is 0 Å². The lowest BCUT2D eigenvalue weighted by Crippen LogP contribution is -2.21. The molecule has 0 bridgehead atoms. The van der Waals surface area contributed by atoms with Crippen LogP contribution in [-0.2, 0) is 16.1 Å². The van der Waals surface area contributed by atoms with Crippen LogP contribution in [0.3, 0.4) is 0 Å². The molecule has 0 saturated heterocycles.